The summed E-state index contributed by atoms with van der Waals surface area (Å²) in [6, 6.07) is -1.17. The van der Waals surface area contributed by atoms with Crippen LogP contribution in [0.15, 0.2) is 0 Å². The zero-order valence-corrected chi connectivity index (χ0v) is 12.3. The van der Waals surface area contributed by atoms with Gasteiger partial charge in [-0.1, -0.05) is 13.8 Å². The number of hydrogen-bond acceptors (Lipinski definition) is 3. The number of nitrogens with zero attached hydrogens (tertiary/aromatic N) is 2. The first-order valence-electron chi connectivity index (χ1n) is 6.91. The molecule has 0 aromatic rings. The van der Waals surface area contributed by atoms with Crippen LogP contribution in [0.5, 0.6) is 0 Å². The minimum absolute atomic E-state index is 0.0413. The Bertz CT molecular complexity index is 386. The second-order valence-electron chi connectivity index (χ2n) is 5.12. The van der Waals surface area contributed by atoms with Crippen molar-refractivity contribution in [3.63, 3.8) is 0 Å². The molecule has 1 rings (SSSR count). The van der Waals surface area contributed by atoms with Gasteiger partial charge in [-0.25, -0.2) is 9.59 Å². The summed E-state index contributed by atoms with van der Waals surface area (Å²) in [5, 5.41) is 11.7. The van der Waals surface area contributed by atoms with Gasteiger partial charge < -0.3 is 20.2 Å². The van der Waals surface area contributed by atoms with E-state index in [9.17, 15) is 19.5 Å². The Kier molecular flexibility index (Phi) is 5.79. The van der Waals surface area contributed by atoms with Crippen LogP contribution >= 0.6 is 0 Å². The number of carbonyl (C=O) groups excluding carboxylic acids is 2. The summed E-state index contributed by atoms with van der Waals surface area (Å²) in [5.41, 5.74) is 0. The molecule has 2 atom stereocenters. The predicted molar refractivity (Wildman–Crippen MR) is 73.2 cm³/mol. The molecule has 20 heavy (non-hydrogen) atoms. The fourth-order valence-electron chi connectivity index (χ4n) is 2.48. The molecular formula is C13H23N3O4. The summed E-state index contributed by atoms with van der Waals surface area (Å²) in [6.45, 7) is 4.55. The molecule has 1 aliphatic heterocycles. The number of carbonyl (C=O) groups is 3. The first-order chi connectivity index (χ1) is 9.42. The Labute approximate surface area is 118 Å². The molecule has 1 heterocycles. The predicted octanol–water partition coefficient (Wildman–Crippen LogP) is 0.359. The second-order valence-corrected chi connectivity index (χ2v) is 5.12. The van der Waals surface area contributed by atoms with E-state index in [0.29, 0.717) is 25.9 Å². The third kappa shape index (κ3) is 3.61. The monoisotopic (exact) mass is 285 g/mol. The summed E-state index contributed by atoms with van der Waals surface area (Å²) >= 11 is 0. The molecule has 2 N–H and O–H groups in total. The van der Waals surface area contributed by atoms with Crippen molar-refractivity contribution >= 4 is 17.9 Å². The van der Waals surface area contributed by atoms with Crippen molar-refractivity contribution in [2.45, 2.75) is 32.7 Å². The van der Waals surface area contributed by atoms with Gasteiger partial charge in [0.1, 0.15) is 12.6 Å². The Morgan fingerprint density at radius 1 is 1.40 bits per heavy atom. The van der Waals surface area contributed by atoms with Gasteiger partial charge in [0.2, 0.25) is 5.91 Å². The number of urea groups is 1. The zero-order chi connectivity index (χ0) is 15.3. The molecule has 0 radical (unpaired) electrons. The van der Waals surface area contributed by atoms with E-state index in [1.54, 1.807) is 0 Å². The van der Waals surface area contributed by atoms with E-state index in [1.807, 2.05) is 13.8 Å². The lowest BCUT2D eigenvalue weighted by molar-refractivity contribution is -0.142. The van der Waals surface area contributed by atoms with Crippen LogP contribution in [0.25, 0.3) is 0 Å². The van der Waals surface area contributed by atoms with Crippen molar-refractivity contribution < 1.29 is 19.5 Å². The fourth-order valence-corrected chi connectivity index (χ4v) is 2.48. The van der Waals surface area contributed by atoms with Crippen LogP contribution < -0.4 is 5.32 Å². The van der Waals surface area contributed by atoms with Crippen molar-refractivity contribution in [2.24, 2.45) is 5.92 Å². The molecule has 0 saturated carbocycles. The van der Waals surface area contributed by atoms with E-state index in [1.165, 1.54) is 16.8 Å². The number of carboxylic acid groups (broad SMARTS) is 1. The minimum atomic E-state index is -0.986. The maximum absolute atomic E-state index is 12.5. The van der Waals surface area contributed by atoms with E-state index >= 15 is 0 Å². The van der Waals surface area contributed by atoms with Crippen LogP contribution in [0, 0.1) is 5.92 Å². The van der Waals surface area contributed by atoms with Crippen LogP contribution in [0.2, 0.25) is 0 Å². The number of hydrogen-bond donors (Lipinski definition) is 2. The highest BCUT2D eigenvalue weighted by Crippen LogP contribution is 2.25. The lowest BCUT2D eigenvalue weighted by Gasteiger charge is -2.30. The topological polar surface area (TPSA) is 90.0 Å². The minimum Gasteiger partial charge on any atom is -0.480 e. The van der Waals surface area contributed by atoms with Crippen molar-refractivity contribution in [3.8, 4) is 0 Å². The molecule has 1 aliphatic rings. The number of likely N-dealkylation sites (tertiary alicyclic amines) is 1. The van der Waals surface area contributed by atoms with Gasteiger partial charge in [-0.05, 0) is 18.8 Å². The highest BCUT2D eigenvalue weighted by molar-refractivity contribution is 5.87. The molecule has 0 aromatic heterocycles. The number of rotatable bonds is 5. The maximum atomic E-state index is 12.5. The molecule has 1 fully saturated rings. The van der Waals surface area contributed by atoms with Crippen LogP contribution in [-0.2, 0) is 9.59 Å². The lowest BCUT2D eigenvalue weighted by atomic mass is 10.0. The molecule has 0 spiro atoms. The van der Waals surface area contributed by atoms with Gasteiger partial charge in [-0.15, -0.1) is 0 Å². The first-order valence-corrected chi connectivity index (χ1v) is 6.91. The van der Waals surface area contributed by atoms with Gasteiger partial charge in [0, 0.05) is 20.1 Å². The largest absolute Gasteiger partial charge is 0.480 e. The fraction of sp³-hybridized carbons (Fsp3) is 0.769. The quantitative estimate of drug-likeness (QED) is 0.763. The van der Waals surface area contributed by atoms with Gasteiger partial charge in [-0.2, -0.15) is 0 Å². The van der Waals surface area contributed by atoms with Crippen LogP contribution in [-0.4, -0.2) is 65.5 Å². The Hall–Kier alpha value is -1.79. The van der Waals surface area contributed by atoms with Crippen molar-refractivity contribution in [1.82, 2.24) is 15.1 Å². The molecule has 114 valence electrons. The summed E-state index contributed by atoms with van der Waals surface area (Å²) in [7, 11) is 1.51. The molecule has 0 aliphatic carbocycles. The van der Waals surface area contributed by atoms with Crippen molar-refractivity contribution in [2.75, 3.05) is 26.7 Å². The SMILES string of the molecule is CCCN(CC(=O)NC)C(=O)N1CCC(C)C1C(=O)O. The third-order valence-electron chi connectivity index (χ3n) is 3.58. The van der Waals surface area contributed by atoms with E-state index in [-0.39, 0.29) is 24.4 Å². The summed E-state index contributed by atoms with van der Waals surface area (Å²) in [6.07, 6.45) is 1.38. The van der Waals surface area contributed by atoms with Crippen LogP contribution in [0.1, 0.15) is 26.7 Å². The van der Waals surface area contributed by atoms with Crippen LogP contribution in [0.3, 0.4) is 0 Å². The van der Waals surface area contributed by atoms with Gasteiger partial charge in [0.05, 0.1) is 0 Å². The van der Waals surface area contributed by atoms with Crippen molar-refractivity contribution in [3.05, 3.63) is 0 Å². The smallest absolute Gasteiger partial charge is 0.326 e. The first kappa shape index (κ1) is 16.3. The molecule has 7 heteroatoms. The van der Waals surface area contributed by atoms with E-state index in [0.717, 1.165) is 0 Å². The van der Waals surface area contributed by atoms with E-state index in [2.05, 4.69) is 5.32 Å². The highest BCUT2D eigenvalue weighted by Gasteiger charge is 2.41. The number of carboxylic acids is 1. The van der Waals surface area contributed by atoms with Gasteiger partial charge in [0.15, 0.2) is 0 Å². The Balaban J connectivity index is 2.83. The molecular weight excluding hydrogens is 262 g/mol. The summed E-state index contributed by atoms with van der Waals surface area (Å²) in [4.78, 5) is 38.0. The average Bonchev–Trinajstić information content (AvgIpc) is 2.79. The number of amides is 3. The van der Waals surface area contributed by atoms with E-state index < -0.39 is 12.0 Å². The third-order valence-corrected chi connectivity index (χ3v) is 3.58. The summed E-state index contributed by atoms with van der Waals surface area (Å²) in [5.74, 6) is -1.31. The molecule has 0 bridgehead atoms. The van der Waals surface area contributed by atoms with Gasteiger partial charge in [0.25, 0.3) is 0 Å². The van der Waals surface area contributed by atoms with Gasteiger partial charge in [-0.3, -0.25) is 4.79 Å². The lowest BCUT2D eigenvalue weighted by Crippen LogP contribution is -2.51. The molecule has 7 nitrogen and oxygen atoms in total. The highest BCUT2D eigenvalue weighted by atomic mass is 16.4. The number of aliphatic carboxylic acids is 1. The van der Waals surface area contributed by atoms with Crippen LogP contribution in [0.4, 0.5) is 4.79 Å². The maximum Gasteiger partial charge on any atom is 0.326 e. The average molecular weight is 285 g/mol. The Morgan fingerprint density at radius 3 is 2.55 bits per heavy atom. The second kappa shape index (κ2) is 7.12. The standard InChI is InChI=1S/C13H23N3O4/c1-4-6-15(8-10(17)14-3)13(20)16-7-5-9(2)11(16)12(18)19/h9,11H,4-8H2,1-3H3,(H,14,17)(H,18,19). The zero-order valence-electron chi connectivity index (χ0n) is 12.3. The molecule has 2 unspecified atom stereocenters. The molecule has 0 aromatic carbocycles. The number of likely N-dealkylation sites (N-methyl/N-ethyl adjacent to an activating group) is 1. The molecule has 1 saturated heterocycles. The van der Waals surface area contributed by atoms with Gasteiger partial charge >= 0.3 is 12.0 Å². The van der Waals surface area contributed by atoms with Crippen molar-refractivity contribution in [1.29, 1.82) is 0 Å². The normalized spacial score (nSPS) is 21.6. The molecule has 3 amide bonds. The summed E-state index contributed by atoms with van der Waals surface area (Å²) < 4.78 is 0. The van der Waals surface area contributed by atoms with E-state index in [4.69, 9.17) is 0 Å². The number of nitrogens with one attached hydrogen (secondary N) is 1. The Morgan fingerprint density at radius 2 is 2.05 bits per heavy atom.